The van der Waals surface area contributed by atoms with Crippen LogP contribution in [0.15, 0.2) is 30.5 Å². The molecule has 0 aromatic heterocycles. The SMILES string of the molecule is C=C1Nc2cc(NC)ccc2CC1N1CCC1. The highest BCUT2D eigenvalue weighted by Gasteiger charge is 2.30. The number of hydrogen-bond donors (Lipinski definition) is 2. The molecule has 2 aliphatic rings. The van der Waals surface area contributed by atoms with Gasteiger partial charge < -0.3 is 10.6 Å². The van der Waals surface area contributed by atoms with Crippen LogP contribution in [0.5, 0.6) is 0 Å². The van der Waals surface area contributed by atoms with Crippen LogP contribution in [0.3, 0.4) is 0 Å². The fourth-order valence-electron chi connectivity index (χ4n) is 2.62. The smallest absolute Gasteiger partial charge is 0.0533 e. The maximum atomic E-state index is 4.18. The third-order valence-corrected chi connectivity index (χ3v) is 3.84. The minimum absolute atomic E-state index is 0.483. The van der Waals surface area contributed by atoms with Crippen molar-refractivity contribution >= 4 is 11.4 Å². The van der Waals surface area contributed by atoms with Crippen LogP contribution in [0, 0.1) is 0 Å². The summed E-state index contributed by atoms with van der Waals surface area (Å²) < 4.78 is 0. The van der Waals surface area contributed by atoms with Gasteiger partial charge in [-0.15, -0.1) is 0 Å². The van der Waals surface area contributed by atoms with Gasteiger partial charge in [-0.25, -0.2) is 0 Å². The van der Waals surface area contributed by atoms with Gasteiger partial charge in [0.05, 0.1) is 6.04 Å². The van der Waals surface area contributed by atoms with Crippen LogP contribution >= 0.6 is 0 Å². The van der Waals surface area contributed by atoms with E-state index in [2.05, 4.69) is 40.3 Å². The maximum Gasteiger partial charge on any atom is 0.0533 e. The van der Waals surface area contributed by atoms with Crippen LogP contribution in [0.2, 0.25) is 0 Å². The van der Waals surface area contributed by atoms with Gasteiger partial charge in [0, 0.05) is 37.2 Å². The molecule has 1 fully saturated rings. The van der Waals surface area contributed by atoms with Gasteiger partial charge in [0.15, 0.2) is 0 Å². The van der Waals surface area contributed by atoms with Crippen LogP contribution in [0.4, 0.5) is 11.4 Å². The van der Waals surface area contributed by atoms with Crippen LogP contribution in [0.25, 0.3) is 0 Å². The predicted molar refractivity (Wildman–Crippen MR) is 72.4 cm³/mol. The summed E-state index contributed by atoms with van der Waals surface area (Å²) in [5.41, 5.74) is 4.89. The molecule has 1 aromatic rings. The highest BCUT2D eigenvalue weighted by Crippen LogP contribution is 2.32. The molecule has 2 aliphatic heterocycles. The molecule has 0 spiro atoms. The van der Waals surface area contributed by atoms with Gasteiger partial charge in [0.2, 0.25) is 0 Å². The number of nitrogens with one attached hydrogen (secondary N) is 2. The average Bonchev–Trinajstić information content (AvgIpc) is 2.27. The lowest BCUT2D eigenvalue weighted by molar-refractivity contribution is 0.137. The summed E-state index contributed by atoms with van der Waals surface area (Å²) in [6.07, 6.45) is 2.42. The molecule has 2 heterocycles. The number of anilines is 2. The molecule has 0 saturated carbocycles. The molecule has 0 radical (unpaired) electrons. The Morgan fingerprint density at radius 3 is 2.88 bits per heavy atom. The molecule has 3 nitrogen and oxygen atoms in total. The minimum atomic E-state index is 0.483. The number of benzene rings is 1. The summed E-state index contributed by atoms with van der Waals surface area (Å²) in [4.78, 5) is 2.50. The zero-order valence-corrected chi connectivity index (χ0v) is 10.3. The molecule has 17 heavy (non-hydrogen) atoms. The number of rotatable bonds is 2. The molecule has 2 N–H and O–H groups in total. The van der Waals surface area contributed by atoms with Crippen molar-refractivity contribution < 1.29 is 0 Å². The van der Waals surface area contributed by atoms with E-state index in [0.29, 0.717) is 6.04 Å². The Morgan fingerprint density at radius 2 is 2.24 bits per heavy atom. The number of hydrogen-bond acceptors (Lipinski definition) is 3. The van der Waals surface area contributed by atoms with E-state index in [0.717, 1.165) is 17.8 Å². The van der Waals surface area contributed by atoms with Gasteiger partial charge in [-0.3, -0.25) is 4.90 Å². The van der Waals surface area contributed by atoms with Crippen molar-refractivity contribution in [3.05, 3.63) is 36.0 Å². The number of fused-ring (bicyclic) bond motifs is 1. The summed E-state index contributed by atoms with van der Waals surface area (Å²) in [5.74, 6) is 0. The van der Waals surface area contributed by atoms with Crippen LogP contribution < -0.4 is 10.6 Å². The molecule has 1 saturated heterocycles. The van der Waals surface area contributed by atoms with Crippen molar-refractivity contribution in [3.63, 3.8) is 0 Å². The van der Waals surface area contributed by atoms with Crippen molar-refractivity contribution in [1.82, 2.24) is 4.90 Å². The molecule has 3 heteroatoms. The van der Waals surface area contributed by atoms with Gasteiger partial charge in [0.25, 0.3) is 0 Å². The normalized spacial score (nSPS) is 23.6. The van der Waals surface area contributed by atoms with E-state index >= 15 is 0 Å². The quantitative estimate of drug-likeness (QED) is 0.814. The Labute approximate surface area is 103 Å². The number of likely N-dealkylation sites (tertiary alicyclic amines) is 1. The average molecular weight is 229 g/mol. The minimum Gasteiger partial charge on any atom is -0.388 e. The van der Waals surface area contributed by atoms with Gasteiger partial charge in [-0.05, 0) is 30.5 Å². The first-order chi connectivity index (χ1) is 8.28. The zero-order valence-electron chi connectivity index (χ0n) is 10.3. The van der Waals surface area contributed by atoms with E-state index in [1.54, 1.807) is 0 Å². The standard InChI is InChI=1S/C14H19N3/c1-10-14(17-6-3-7-17)8-11-4-5-12(15-2)9-13(11)16-10/h4-5,9,14-16H,1,3,6-8H2,2H3. The lowest BCUT2D eigenvalue weighted by Gasteiger charge is -2.42. The predicted octanol–water partition coefficient (Wildman–Crippen LogP) is 2.28. The molecule has 3 rings (SSSR count). The molecule has 0 amide bonds. The van der Waals surface area contributed by atoms with Crippen molar-refractivity contribution in [2.24, 2.45) is 0 Å². The topological polar surface area (TPSA) is 27.3 Å². The second-order valence-electron chi connectivity index (χ2n) is 4.88. The molecule has 1 unspecified atom stereocenters. The Bertz CT molecular complexity index is 449. The van der Waals surface area contributed by atoms with Gasteiger partial charge in [0.1, 0.15) is 0 Å². The Hall–Kier alpha value is -1.48. The van der Waals surface area contributed by atoms with E-state index in [1.807, 2.05) is 7.05 Å². The second kappa shape index (κ2) is 4.08. The molecular weight excluding hydrogens is 210 g/mol. The molecule has 0 aliphatic carbocycles. The molecule has 90 valence electrons. The van der Waals surface area contributed by atoms with E-state index < -0.39 is 0 Å². The van der Waals surface area contributed by atoms with Crippen molar-refractivity contribution in [2.45, 2.75) is 18.9 Å². The van der Waals surface area contributed by atoms with Gasteiger partial charge in [-0.1, -0.05) is 12.6 Å². The molecule has 0 bridgehead atoms. The zero-order chi connectivity index (χ0) is 11.8. The van der Waals surface area contributed by atoms with Crippen LogP contribution in [-0.2, 0) is 6.42 Å². The van der Waals surface area contributed by atoms with E-state index in [9.17, 15) is 0 Å². The molecule has 1 atom stereocenters. The fourth-order valence-corrected chi connectivity index (χ4v) is 2.62. The van der Waals surface area contributed by atoms with E-state index in [-0.39, 0.29) is 0 Å². The summed E-state index contributed by atoms with van der Waals surface area (Å²) in [6.45, 7) is 6.61. The third-order valence-electron chi connectivity index (χ3n) is 3.84. The maximum absolute atomic E-state index is 4.18. The van der Waals surface area contributed by atoms with Crippen LogP contribution in [-0.4, -0.2) is 31.1 Å². The first-order valence-electron chi connectivity index (χ1n) is 6.28. The summed E-state index contributed by atoms with van der Waals surface area (Å²) in [6, 6.07) is 7.00. The van der Waals surface area contributed by atoms with E-state index in [1.165, 1.54) is 30.8 Å². The Kier molecular flexibility index (Phi) is 2.56. The highest BCUT2D eigenvalue weighted by molar-refractivity contribution is 5.65. The van der Waals surface area contributed by atoms with Crippen molar-refractivity contribution in [1.29, 1.82) is 0 Å². The lowest BCUT2D eigenvalue weighted by atomic mass is 9.94. The van der Waals surface area contributed by atoms with Gasteiger partial charge >= 0.3 is 0 Å². The van der Waals surface area contributed by atoms with Crippen LogP contribution in [0.1, 0.15) is 12.0 Å². The summed E-state index contributed by atoms with van der Waals surface area (Å²) >= 11 is 0. The van der Waals surface area contributed by atoms with Crippen molar-refractivity contribution in [2.75, 3.05) is 30.8 Å². The Balaban J connectivity index is 1.86. The first-order valence-corrected chi connectivity index (χ1v) is 6.28. The van der Waals surface area contributed by atoms with Crippen molar-refractivity contribution in [3.8, 4) is 0 Å². The monoisotopic (exact) mass is 229 g/mol. The summed E-state index contributed by atoms with van der Waals surface area (Å²) in [7, 11) is 1.95. The largest absolute Gasteiger partial charge is 0.388 e. The molecular formula is C14H19N3. The molecule has 1 aromatic carbocycles. The lowest BCUT2D eigenvalue weighted by Crippen LogP contribution is -2.49. The van der Waals surface area contributed by atoms with E-state index in [4.69, 9.17) is 0 Å². The Morgan fingerprint density at radius 1 is 1.41 bits per heavy atom. The van der Waals surface area contributed by atoms with Gasteiger partial charge in [-0.2, -0.15) is 0 Å². The summed E-state index contributed by atoms with van der Waals surface area (Å²) in [5, 5.41) is 6.63. The fraction of sp³-hybridized carbons (Fsp3) is 0.429. The second-order valence-corrected chi connectivity index (χ2v) is 4.88. The third kappa shape index (κ3) is 1.80. The first kappa shape index (κ1) is 10.7. The highest BCUT2D eigenvalue weighted by atomic mass is 15.2. The number of nitrogens with zero attached hydrogens (tertiary/aromatic N) is 1.